The van der Waals surface area contributed by atoms with E-state index in [9.17, 15) is 18.3 Å². The number of pyridine rings is 1. The Kier molecular flexibility index (Phi) is 5.43. The Bertz CT molecular complexity index is 930. The summed E-state index contributed by atoms with van der Waals surface area (Å²) in [5, 5.41) is 23.2. The molecular weight excluding hydrogens is 469 g/mol. The van der Waals surface area contributed by atoms with Gasteiger partial charge >= 0.3 is 12.0 Å². The third-order valence-electron chi connectivity index (χ3n) is 3.77. The third kappa shape index (κ3) is 3.86. The fraction of sp³-hybridized carbons (Fsp3) is 0.462. The van der Waals surface area contributed by atoms with Crippen molar-refractivity contribution in [3.05, 3.63) is 29.2 Å². The first-order valence-corrected chi connectivity index (χ1v) is 8.99. The van der Waals surface area contributed by atoms with Crippen molar-refractivity contribution in [2.24, 2.45) is 12.1 Å². The lowest BCUT2D eigenvalue weighted by atomic mass is 10.1. The van der Waals surface area contributed by atoms with Crippen LogP contribution in [0.25, 0.3) is 0 Å². The average Bonchev–Trinajstić information content (AvgIpc) is 3.08. The minimum Gasteiger partial charge on any atom is -0.365 e. The van der Waals surface area contributed by atoms with E-state index in [1.165, 1.54) is 12.3 Å². The number of aromatic nitrogens is 5. The van der Waals surface area contributed by atoms with E-state index in [0.29, 0.717) is 4.68 Å². The van der Waals surface area contributed by atoms with Crippen LogP contribution in [0.15, 0.2) is 23.4 Å². The number of aryl methyl sites for hydroxylation is 1. The molecule has 0 aromatic carbocycles. The maximum absolute atomic E-state index is 12.9. The van der Waals surface area contributed by atoms with Gasteiger partial charge in [0, 0.05) is 12.6 Å². The zero-order valence-electron chi connectivity index (χ0n) is 13.9. The zero-order chi connectivity index (χ0) is 20.9. The molecule has 1 unspecified atom stereocenters. The van der Waals surface area contributed by atoms with Crippen molar-refractivity contribution in [1.82, 2.24) is 20.1 Å². The van der Waals surface area contributed by atoms with Gasteiger partial charge in [-0.3, -0.25) is 0 Å². The lowest BCUT2D eigenvalue weighted by Crippen LogP contribution is -2.53. The molecule has 15 heteroatoms. The Hall–Kier alpha value is -1.40. The molecule has 0 aliphatic carbocycles. The van der Waals surface area contributed by atoms with Crippen molar-refractivity contribution in [3.8, 4) is 0 Å². The van der Waals surface area contributed by atoms with Gasteiger partial charge in [0.15, 0.2) is 12.4 Å². The van der Waals surface area contributed by atoms with Crippen molar-refractivity contribution >= 4 is 57.9 Å². The molecule has 0 fully saturated rings. The number of hydrogen-bond donors (Lipinski definition) is 1. The average molecular weight is 480 g/mol. The summed E-state index contributed by atoms with van der Waals surface area (Å²) in [5.41, 5.74) is -2.05. The number of tetrazole rings is 1. The fourth-order valence-electron chi connectivity index (χ4n) is 2.54. The fourth-order valence-corrected chi connectivity index (χ4v) is 3.19. The van der Waals surface area contributed by atoms with E-state index in [2.05, 4.69) is 20.4 Å². The molecule has 0 saturated carbocycles. The maximum atomic E-state index is 12.9. The topological polar surface area (TPSA) is 83.3 Å². The summed E-state index contributed by atoms with van der Waals surface area (Å²) in [5.74, 6) is -1.20. The minimum atomic E-state index is -4.68. The molecule has 3 rings (SSSR count). The van der Waals surface area contributed by atoms with Crippen LogP contribution in [0.2, 0.25) is 5.02 Å². The van der Waals surface area contributed by atoms with Gasteiger partial charge < -0.3 is 5.11 Å². The van der Waals surface area contributed by atoms with Crippen LogP contribution in [0.3, 0.4) is 0 Å². The Morgan fingerprint density at radius 1 is 1.32 bits per heavy atom. The van der Waals surface area contributed by atoms with Crippen LogP contribution in [0.1, 0.15) is 12.2 Å². The number of rotatable bonds is 3. The third-order valence-corrected chi connectivity index (χ3v) is 4.97. The highest BCUT2D eigenvalue weighted by Crippen LogP contribution is 2.48. The molecule has 1 aliphatic heterocycles. The van der Waals surface area contributed by atoms with Crippen LogP contribution < -0.4 is 9.69 Å². The van der Waals surface area contributed by atoms with Gasteiger partial charge in [0.25, 0.3) is 0 Å². The summed E-state index contributed by atoms with van der Waals surface area (Å²) >= 11 is 23.9. The van der Waals surface area contributed by atoms with Crippen molar-refractivity contribution in [1.29, 1.82) is 0 Å². The van der Waals surface area contributed by atoms with Crippen LogP contribution in [0.4, 0.5) is 19.0 Å². The largest absolute Gasteiger partial charge is 0.487 e. The van der Waals surface area contributed by atoms with E-state index in [4.69, 9.17) is 46.4 Å². The normalized spacial score (nSPS) is 20.6. The van der Waals surface area contributed by atoms with Gasteiger partial charge in [-0.2, -0.15) is 18.3 Å². The molecule has 1 atom stereocenters. The second-order valence-corrected chi connectivity index (χ2v) is 8.53. The Morgan fingerprint density at radius 3 is 2.54 bits per heavy atom. The molecular formula is C13H11Cl4F3N7O+. The summed E-state index contributed by atoms with van der Waals surface area (Å²) in [6.45, 7) is -0.298. The van der Waals surface area contributed by atoms with Gasteiger partial charge in [0.05, 0.1) is 28.1 Å². The lowest BCUT2D eigenvalue weighted by Gasteiger charge is -2.37. The molecule has 0 bridgehead atoms. The molecule has 0 amide bonds. The standard InChI is InChI=1S/C13H11Cl4F3N7O/c1-25-10(12(18,19)20)23-26(24-25)6-7-5-11(28,13(15,16)17)27(22-7)9-8(14)3-2-4-21-9/h2-4,28H,5-6H2,1H3/q+1. The number of hydrazone groups is 1. The second kappa shape index (κ2) is 7.13. The molecule has 152 valence electrons. The lowest BCUT2D eigenvalue weighted by molar-refractivity contribution is -0.749. The van der Waals surface area contributed by atoms with Crippen molar-refractivity contribution in [2.75, 3.05) is 5.01 Å². The van der Waals surface area contributed by atoms with Crippen LogP contribution in [0.5, 0.6) is 0 Å². The van der Waals surface area contributed by atoms with E-state index in [1.54, 1.807) is 6.07 Å². The highest BCUT2D eigenvalue weighted by atomic mass is 35.6. The van der Waals surface area contributed by atoms with Crippen LogP contribution in [0, 0.1) is 0 Å². The molecule has 0 saturated heterocycles. The zero-order valence-corrected chi connectivity index (χ0v) is 16.9. The van der Waals surface area contributed by atoms with E-state index in [-0.39, 0.29) is 29.5 Å². The van der Waals surface area contributed by atoms with E-state index in [1.807, 2.05) is 0 Å². The summed E-state index contributed by atoms with van der Waals surface area (Å²) < 4.78 is 37.0. The predicted molar refractivity (Wildman–Crippen MR) is 95.2 cm³/mol. The first-order chi connectivity index (χ1) is 12.8. The first kappa shape index (κ1) is 21.3. The van der Waals surface area contributed by atoms with Gasteiger partial charge in [-0.25, -0.2) is 9.99 Å². The molecule has 0 radical (unpaired) electrons. The molecule has 8 nitrogen and oxygen atoms in total. The number of aliphatic hydroxyl groups is 1. The van der Waals surface area contributed by atoms with Crippen molar-refractivity contribution < 1.29 is 23.0 Å². The van der Waals surface area contributed by atoms with Crippen LogP contribution in [-0.2, 0) is 19.8 Å². The quantitative estimate of drug-likeness (QED) is 0.540. The number of alkyl halides is 6. The molecule has 1 N–H and O–H groups in total. The van der Waals surface area contributed by atoms with Gasteiger partial charge in [0.2, 0.25) is 9.52 Å². The summed E-state index contributed by atoms with van der Waals surface area (Å²) in [7, 11) is 1.10. The molecule has 28 heavy (non-hydrogen) atoms. The molecule has 3 heterocycles. The second-order valence-electron chi connectivity index (χ2n) is 5.84. The summed E-state index contributed by atoms with van der Waals surface area (Å²) in [6.07, 6.45) is -3.63. The summed E-state index contributed by atoms with van der Waals surface area (Å²) in [6, 6.07) is 3.04. The number of halogens is 7. The first-order valence-electron chi connectivity index (χ1n) is 7.48. The maximum Gasteiger partial charge on any atom is 0.487 e. The predicted octanol–water partition coefficient (Wildman–Crippen LogP) is 2.49. The molecule has 2 aromatic heterocycles. The highest BCUT2D eigenvalue weighted by Gasteiger charge is 2.57. The number of anilines is 1. The Labute approximate surface area is 176 Å². The minimum absolute atomic E-state index is 0.00273. The Balaban J connectivity index is 1.97. The van der Waals surface area contributed by atoms with Gasteiger partial charge in [-0.15, -0.1) is 4.68 Å². The summed E-state index contributed by atoms with van der Waals surface area (Å²) in [4.78, 5) is 4.79. The number of hydrogen-bond acceptors (Lipinski definition) is 6. The van der Waals surface area contributed by atoms with Crippen molar-refractivity contribution in [3.63, 3.8) is 0 Å². The van der Waals surface area contributed by atoms with Gasteiger partial charge in [-0.05, 0) is 16.9 Å². The number of nitrogens with zero attached hydrogens (tertiary/aromatic N) is 7. The van der Waals surface area contributed by atoms with E-state index < -0.39 is 21.5 Å². The van der Waals surface area contributed by atoms with Crippen molar-refractivity contribution in [2.45, 2.75) is 28.7 Å². The van der Waals surface area contributed by atoms with E-state index >= 15 is 0 Å². The van der Waals surface area contributed by atoms with E-state index in [0.717, 1.165) is 16.9 Å². The molecule has 0 spiro atoms. The molecule has 2 aromatic rings. The van der Waals surface area contributed by atoms with Crippen LogP contribution in [-0.4, -0.2) is 40.4 Å². The monoisotopic (exact) mass is 478 g/mol. The Morgan fingerprint density at radius 2 is 2.00 bits per heavy atom. The highest BCUT2D eigenvalue weighted by molar-refractivity contribution is 6.68. The smallest absolute Gasteiger partial charge is 0.365 e. The van der Waals surface area contributed by atoms with Gasteiger partial charge in [0.1, 0.15) is 0 Å². The van der Waals surface area contributed by atoms with Gasteiger partial charge in [-0.1, -0.05) is 46.4 Å². The molecule has 1 aliphatic rings. The van der Waals surface area contributed by atoms with Crippen LogP contribution >= 0.6 is 46.4 Å². The SMILES string of the molecule is C[n+]1nn(CC2=NN(c3ncccc3Cl)C(O)(C(Cl)(Cl)Cl)C2)nc1C(F)(F)F.